The molecule has 0 spiro atoms. The molecule has 0 bridgehead atoms. The number of nitrogens with zero attached hydrogens (tertiary/aromatic N) is 4. The van der Waals surface area contributed by atoms with E-state index in [-0.39, 0.29) is 4.68 Å². The number of alkyl halides is 3. The van der Waals surface area contributed by atoms with E-state index in [1.807, 2.05) is 0 Å². The molecule has 0 saturated carbocycles. The lowest BCUT2D eigenvalue weighted by Crippen LogP contribution is -2.28. The van der Waals surface area contributed by atoms with Gasteiger partial charge in [0.05, 0.1) is 22.9 Å². The SMILES string of the molecule is O=c1n(I)nnn1CC(F)(F)F. The van der Waals surface area contributed by atoms with E-state index in [1.165, 1.54) is 22.9 Å². The van der Waals surface area contributed by atoms with Crippen molar-refractivity contribution in [3.8, 4) is 0 Å². The maximum Gasteiger partial charge on any atom is 0.408 e. The first-order chi connectivity index (χ1) is 5.40. The van der Waals surface area contributed by atoms with Crippen LogP contribution in [0.2, 0.25) is 0 Å². The molecule has 5 nitrogen and oxygen atoms in total. The average molecular weight is 294 g/mol. The second-order valence-electron chi connectivity index (χ2n) is 1.89. The van der Waals surface area contributed by atoms with Gasteiger partial charge in [-0.05, 0) is 10.4 Å². The van der Waals surface area contributed by atoms with E-state index >= 15 is 0 Å². The van der Waals surface area contributed by atoms with E-state index in [0.717, 1.165) is 0 Å². The lowest BCUT2D eigenvalue weighted by atomic mass is 10.6. The van der Waals surface area contributed by atoms with Crippen molar-refractivity contribution in [2.24, 2.45) is 0 Å². The van der Waals surface area contributed by atoms with Crippen molar-refractivity contribution in [2.75, 3.05) is 0 Å². The summed E-state index contributed by atoms with van der Waals surface area (Å²) >= 11 is 1.44. The van der Waals surface area contributed by atoms with Crippen LogP contribution >= 0.6 is 22.9 Å². The van der Waals surface area contributed by atoms with Crippen molar-refractivity contribution in [3.63, 3.8) is 0 Å². The zero-order valence-corrected chi connectivity index (χ0v) is 7.57. The molecule has 1 rings (SSSR count). The van der Waals surface area contributed by atoms with Gasteiger partial charge in [-0.25, -0.2) is 4.79 Å². The van der Waals surface area contributed by atoms with Crippen molar-refractivity contribution in [2.45, 2.75) is 12.7 Å². The number of hydrogen-bond acceptors (Lipinski definition) is 3. The van der Waals surface area contributed by atoms with Gasteiger partial charge in [0.15, 0.2) is 0 Å². The fourth-order valence-corrected chi connectivity index (χ4v) is 0.860. The van der Waals surface area contributed by atoms with Crippen LogP contribution in [0.5, 0.6) is 0 Å². The minimum absolute atomic E-state index is 0.243. The predicted octanol–water partition coefficient (Wildman–Crippen LogP) is 0.200. The molecule has 0 aliphatic rings. The minimum Gasteiger partial charge on any atom is -0.243 e. The number of tetrazole rings is 1. The molecular formula is C3H2F3IN4O. The number of rotatable bonds is 1. The van der Waals surface area contributed by atoms with Gasteiger partial charge in [0, 0.05) is 0 Å². The Morgan fingerprint density at radius 3 is 2.33 bits per heavy atom. The van der Waals surface area contributed by atoms with Gasteiger partial charge in [-0.2, -0.15) is 17.9 Å². The van der Waals surface area contributed by atoms with Crippen LogP contribution in [0.15, 0.2) is 4.79 Å². The van der Waals surface area contributed by atoms with Crippen LogP contribution in [-0.4, -0.2) is 24.2 Å². The molecule has 68 valence electrons. The Bertz CT molecular complexity index is 327. The predicted molar refractivity (Wildman–Crippen MR) is 39.8 cm³/mol. The van der Waals surface area contributed by atoms with Crippen LogP contribution in [0.25, 0.3) is 0 Å². The third-order valence-electron chi connectivity index (χ3n) is 0.934. The quantitative estimate of drug-likeness (QED) is 0.695. The van der Waals surface area contributed by atoms with E-state index in [4.69, 9.17) is 0 Å². The fourth-order valence-electron chi connectivity index (χ4n) is 0.524. The van der Waals surface area contributed by atoms with Gasteiger partial charge in [-0.15, -0.1) is 2.90 Å². The number of hydrogen-bond donors (Lipinski definition) is 0. The summed E-state index contributed by atoms with van der Waals surface area (Å²) in [5, 5.41) is 6.09. The lowest BCUT2D eigenvalue weighted by Gasteiger charge is -2.02. The van der Waals surface area contributed by atoms with Crippen molar-refractivity contribution >= 4 is 22.9 Å². The summed E-state index contributed by atoms with van der Waals surface area (Å²) < 4.78 is 36.0. The standard InChI is InChI=1S/C3H2F3IN4O/c4-3(5,6)1-10-2(12)11(7)9-8-10/h1H2. The molecule has 0 aromatic carbocycles. The van der Waals surface area contributed by atoms with E-state index in [9.17, 15) is 18.0 Å². The highest BCUT2D eigenvalue weighted by atomic mass is 127. The summed E-state index contributed by atoms with van der Waals surface area (Å²) in [5.41, 5.74) is -0.895. The molecule has 0 aliphatic carbocycles. The molecule has 12 heavy (non-hydrogen) atoms. The molecular weight excluding hydrogens is 292 g/mol. The van der Waals surface area contributed by atoms with Crippen molar-refractivity contribution < 1.29 is 13.2 Å². The molecule has 1 aromatic rings. The van der Waals surface area contributed by atoms with E-state index in [0.29, 0.717) is 2.90 Å². The number of aromatic nitrogens is 4. The summed E-state index contributed by atoms with van der Waals surface area (Å²) in [5.74, 6) is 0. The third-order valence-corrected chi connectivity index (χ3v) is 1.54. The topological polar surface area (TPSA) is 52.7 Å². The highest BCUT2D eigenvalue weighted by Crippen LogP contribution is 2.15. The van der Waals surface area contributed by atoms with Crippen LogP contribution in [0.1, 0.15) is 0 Å². The second kappa shape index (κ2) is 3.03. The van der Waals surface area contributed by atoms with Gasteiger partial charge >= 0.3 is 11.9 Å². The molecule has 1 aromatic heterocycles. The van der Waals surface area contributed by atoms with Crippen LogP contribution in [0.3, 0.4) is 0 Å². The molecule has 0 atom stereocenters. The van der Waals surface area contributed by atoms with Gasteiger partial charge in [0.2, 0.25) is 0 Å². The molecule has 0 aliphatic heterocycles. The Morgan fingerprint density at radius 1 is 1.42 bits per heavy atom. The normalized spacial score (nSPS) is 12.0. The summed E-state index contributed by atoms with van der Waals surface area (Å²) in [6.45, 7) is -1.41. The smallest absolute Gasteiger partial charge is 0.243 e. The fraction of sp³-hybridized carbons (Fsp3) is 0.667. The zero-order chi connectivity index (χ0) is 9.35. The Kier molecular flexibility index (Phi) is 2.39. The molecule has 0 saturated heterocycles. The summed E-state index contributed by atoms with van der Waals surface area (Å²) in [6.07, 6.45) is -4.45. The van der Waals surface area contributed by atoms with Gasteiger partial charge in [-0.1, -0.05) is 0 Å². The molecule has 0 radical (unpaired) electrons. The number of halogens is 4. The second-order valence-corrected chi connectivity index (χ2v) is 2.81. The highest BCUT2D eigenvalue weighted by Gasteiger charge is 2.30. The molecule has 0 fully saturated rings. The van der Waals surface area contributed by atoms with Crippen molar-refractivity contribution in [1.82, 2.24) is 18.0 Å². The first kappa shape index (κ1) is 9.48. The highest BCUT2D eigenvalue weighted by molar-refractivity contribution is 14.1. The third kappa shape index (κ3) is 2.19. The van der Waals surface area contributed by atoms with Crippen LogP contribution in [0, 0.1) is 0 Å². The largest absolute Gasteiger partial charge is 0.408 e. The van der Waals surface area contributed by atoms with Gasteiger partial charge in [-0.3, -0.25) is 0 Å². The lowest BCUT2D eigenvalue weighted by molar-refractivity contribution is -0.143. The Balaban J connectivity index is 2.91. The van der Waals surface area contributed by atoms with Crippen molar-refractivity contribution in [3.05, 3.63) is 10.5 Å². The van der Waals surface area contributed by atoms with Gasteiger partial charge in [0.1, 0.15) is 6.54 Å². The maximum atomic E-state index is 11.7. The van der Waals surface area contributed by atoms with Crippen LogP contribution in [-0.2, 0) is 6.54 Å². The molecule has 0 amide bonds. The van der Waals surface area contributed by atoms with Crippen LogP contribution < -0.4 is 5.69 Å². The van der Waals surface area contributed by atoms with Gasteiger partial charge in [0.25, 0.3) is 0 Å². The molecule has 0 unspecified atom stereocenters. The zero-order valence-electron chi connectivity index (χ0n) is 5.42. The summed E-state index contributed by atoms with van der Waals surface area (Å²) in [7, 11) is 0. The van der Waals surface area contributed by atoms with E-state index < -0.39 is 18.4 Å². The summed E-state index contributed by atoms with van der Waals surface area (Å²) in [6, 6.07) is 0. The first-order valence-electron chi connectivity index (χ1n) is 2.66. The molecule has 9 heteroatoms. The Labute approximate surface area is 77.6 Å². The Morgan fingerprint density at radius 2 is 2.00 bits per heavy atom. The van der Waals surface area contributed by atoms with Crippen LogP contribution in [0.4, 0.5) is 13.2 Å². The van der Waals surface area contributed by atoms with E-state index in [1.54, 1.807) is 0 Å². The summed E-state index contributed by atoms with van der Waals surface area (Å²) in [4.78, 5) is 10.7. The maximum absolute atomic E-state index is 11.7. The van der Waals surface area contributed by atoms with Crippen molar-refractivity contribution in [1.29, 1.82) is 0 Å². The van der Waals surface area contributed by atoms with Gasteiger partial charge < -0.3 is 0 Å². The molecule has 1 heterocycles. The molecule has 0 N–H and O–H groups in total. The monoisotopic (exact) mass is 294 g/mol. The first-order valence-corrected chi connectivity index (χ1v) is 3.62. The van der Waals surface area contributed by atoms with E-state index in [2.05, 4.69) is 10.4 Å². The Hall–Kier alpha value is -0.610. The minimum atomic E-state index is -4.45. The average Bonchev–Trinajstić information content (AvgIpc) is 2.16.